The first kappa shape index (κ1) is 18.4. The van der Waals surface area contributed by atoms with Crippen LogP contribution in [0, 0.1) is 5.82 Å². The minimum absolute atomic E-state index is 0.0456. The normalized spacial score (nSPS) is 14.6. The zero-order valence-corrected chi connectivity index (χ0v) is 15.6. The molecule has 0 unspecified atom stereocenters. The predicted octanol–water partition coefficient (Wildman–Crippen LogP) is 2.17. The molecular weight excluding hydrogens is 359 g/mol. The Bertz CT molecular complexity index is 804. The van der Waals surface area contributed by atoms with Crippen LogP contribution in [0.1, 0.15) is 6.92 Å². The summed E-state index contributed by atoms with van der Waals surface area (Å²) in [4.78, 5) is 33.6. The van der Waals surface area contributed by atoms with E-state index >= 15 is 0 Å². The Balaban J connectivity index is 1.57. The van der Waals surface area contributed by atoms with Crippen molar-refractivity contribution in [1.82, 2.24) is 14.8 Å². The molecule has 1 aromatic heterocycles. The van der Waals surface area contributed by atoms with Gasteiger partial charge in [0, 0.05) is 33.2 Å². The van der Waals surface area contributed by atoms with Gasteiger partial charge in [-0.2, -0.15) is 0 Å². The minimum atomic E-state index is -0.361. The van der Waals surface area contributed by atoms with Gasteiger partial charge >= 0.3 is 6.09 Å². The van der Waals surface area contributed by atoms with E-state index in [1.165, 1.54) is 17.4 Å². The third-order valence-electron chi connectivity index (χ3n) is 4.22. The number of ether oxygens (including phenoxy) is 1. The Morgan fingerprint density at radius 3 is 2.62 bits per heavy atom. The molecule has 1 fully saturated rings. The number of amides is 2. The number of nitrogens with zero attached hydrogens (tertiary/aromatic N) is 4. The molecule has 7 nitrogen and oxygen atoms in total. The number of hydrogen-bond donors (Lipinski definition) is 0. The number of thiazole rings is 1. The molecule has 1 aromatic carbocycles. The maximum absolute atomic E-state index is 13.8. The molecule has 26 heavy (non-hydrogen) atoms. The second-order valence-electron chi connectivity index (χ2n) is 6.01. The molecule has 0 radical (unpaired) electrons. The zero-order chi connectivity index (χ0) is 18.7. The Hall–Kier alpha value is -2.42. The van der Waals surface area contributed by atoms with E-state index in [0.717, 1.165) is 4.70 Å². The Labute approximate surface area is 154 Å². The van der Waals surface area contributed by atoms with Gasteiger partial charge in [-0.1, -0.05) is 17.4 Å². The predicted molar refractivity (Wildman–Crippen MR) is 98.0 cm³/mol. The van der Waals surface area contributed by atoms with E-state index in [1.807, 2.05) is 6.07 Å². The second kappa shape index (κ2) is 7.86. The number of carbonyl (C=O) groups excluding carboxylic acids is 2. The summed E-state index contributed by atoms with van der Waals surface area (Å²) >= 11 is 1.35. The number of fused-ring (bicyclic) bond motifs is 1. The Morgan fingerprint density at radius 1 is 1.27 bits per heavy atom. The molecule has 140 valence electrons. The van der Waals surface area contributed by atoms with Crippen molar-refractivity contribution in [2.45, 2.75) is 6.92 Å². The van der Waals surface area contributed by atoms with Gasteiger partial charge in [-0.25, -0.2) is 14.2 Å². The number of anilines is 1. The molecule has 0 N–H and O–H groups in total. The van der Waals surface area contributed by atoms with E-state index in [-0.39, 0.29) is 24.4 Å². The fraction of sp³-hybridized carbons (Fsp3) is 0.471. The van der Waals surface area contributed by atoms with E-state index in [2.05, 4.69) is 4.98 Å². The number of piperazine rings is 1. The molecule has 0 aliphatic carbocycles. The van der Waals surface area contributed by atoms with Gasteiger partial charge in [0.2, 0.25) is 5.91 Å². The summed E-state index contributed by atoms with van der Waals surface area (Å²) in [5.74, 6) is -0.407. The van der Waals surface area contributed by atoms with Gasteiger partial charge in [0.1, 0.15) is 11.3 Å². The summed E-state index contributed by atoms with van der Waals surface area (Å²) in [5, 5.41) is 0.601. The molecule has 0 atom stereocenters. The first-order valence-corrected chi connectivity index (χ1v) is 9.27. The van der Waals surface area contributed by atoms with Crippen LogP contribution in [0.3, 0.4) is 0 Å². The summed E-state index contributed by atoms with van der Waals surface area (Å²) in [7, 11) is 1.77. The lowest BCUT2D eigenvalue weighted by molar-refractivity contribution is -0.131. The number of aromatic nitrogens is 1. The van der Waals surface area contributed by atoms with Crippen molar-refractivity contribution in [2.75, 3.05) is 51.3 Å². The van der Waals surface area contributed by atoms with Crippen molar-refractivity contribution in [2.24, 2.45) is 0 Å². The third-order valence-corrected chi connectivity index (χ3v) is 5.35. The molecule has 1 aliphatic heterocycles. The molecule has 9 heteroatoms. The molecule has 2 amide bonds. The number of carbonyl (C=O) groups is 2. The zero-order valence-electron chi connectivity index (χ0n) is 14.8. The molecule has 0 bridgehead atoms. The van der Waals surface area contributed by atoms with Crippen LogP contribution in [0.25, 0.3) is 10.2 Å². The molecule has 1 saturated heterocycles. The highest BCUT2D eigenvalue weighted by Gasteiger charge is 2.25. The van der Waals surface area contributed by atoms with Crippen LogP contribution in [-0.4, -0.2) is 73.2 Å². The molecule has 3 rings (SSSR count). The molecule has 0 spiro atoms. The van der Waals surface area contributed by atoms with Gasteiger partial charge in [-0.15, -0.1) is 0 Å². The third kappa shape index (κ3) is 3.87. The first-order chi connectivity index (χ1) is 12.5. The van der Waals surface area contributed by atoms with E-state index in [1.54, 1.807) is 34.7 Å². The summed E-state index contributed by atoms with van der Waals surface area (Å²) in [6, 6.07) is 4.83. The van der Waals surface area contributed by atoms with E-state index in [0.29, 0.717) is 43.4 Å². The molecule has 0 saturated carbocycles. The van der Waals surface area contributed by atoms with Gasteiger partial charge in [-0.3, -0.25) is 4.79 Å². The molecule has 1 aliphatic rings. The van der Waals surface area contributed by atoms with Gasteiger partial charge in [-0.05, 0) is 19.1 Å². The van der Waals surface area contributed by atoms with Crippen molar-refractivity contribution in [3.05, 3.63) is 24.0 Å². The quantitative estimate of drug-likeness (QED) is 0.813. The second-order valence-corrected chi connectivity index (χ2v) is 7.01. The molecule has 2 heterocycles. The Kier molecular flexibility index (Phi) is 5.55. The van der Waals surface area contributed by atoms with Crippen LogP contribution in [0.2, 0.25) is 0 Å². The lowest BCUT2D eigenvalue weighted by atomic mass is 10.3. The minimum Gasteiger partial charge on any atom is -0.450 e. The van der Waals surface area contributed by atoms with Crippen LogP contribution in [0.15, 0.2) is 18.2 Å². The highest BCUT2D eigenvalue weighted by atomic mass is 32.1. The number of hydrogen-bond acceptors (Lipinski definition) is 6. The van der Waals surface area contributed by atoms with Crippen molar-refractivity contribution < 1.29 is 18.7 Å². The highest BCUT2D eigenvalue weighted by molar-refractivity contribution is 7.22. The van der Waals surface area contributed by atoms with Crippen molar-refractivity contribution >= 4 is 38.7 Å². The van der Waals surface area contributed by atoms with Crippen molar-refractivity contribution in [1.29, 1.82) is 0 Å². The Morgan fingerprint density at radius 2 is 1.96 bits per heavy atom. The SMILES string of the molecule is CCOC(=O)N1CCN(C(=O)CN(C)c2nc3c(F)cccc3s2)CC1. The van der Waals surface area contributed by atoms with Crippen LogP contribution in [-0.2, 0) is 9.53 Å². The maximum atomic E-state index is 13.8. The van der Waals surface area contributed by atoms with E-state index in [9.17, 15) is 14.0 Å². The summed E-state index contributed by atoms with van der Waals surface area (Å²) in [6.07, 6.45) is -0.340. The fourth-order valence-electron chi connectivity index (χ4n) is 2.79. The van der Waals surface area contributed by atoms with Gasteiger partial charge in [0.25, 0.3) is 0 Å². The topological polar surface area (TPSA) is 66.0 Å². The maximum Gasteiger partial charge on any atom is 0.409 e. The standard InChI is InChI=1S/C17H21FN4O3S/c1-3-25-17(24)22-9-7-21(8-10-22)14(23)11-20(2)16-19-15-12(18)5-4-6-13(15)26-16/h4-6H,3,7-11H2,1-2H3. The number of rotatable bonds is 4. The summed E-state index contributed by atoms with van der Waals surface area (Å²) in [6.45, 7) is 4.12. The van der Waals surface area contributed by atoms with Gasteiger partial charge in [0.15, 0.2) is 5.13 Å². The number of likely N-dealkylation sites (N-methyl/N-ethyl adjacent to an activating group) is 1. The summed E-state index contributed by atoms with van der Waals surface area (Å²) < 4.78 is 19.5. The lowest BCUT2D eigenvalue weighted by Gasteiger charge is -2.34. The lowest BCUT2D eigenvalue weighted by Crippen LogP contribution is -2.52. The van der Waals surface area contributed by atoms with E-state index < -0.39 is 0 Å². The van der Waals surface area contributed by atoms with Crippen LogP contribution < -0.4 is 4.90 Å². The van der Waals surface area contributed by atoms with Crippen molar-refractivity contribution in [3.8, 4) is 0 Å². The average Bonchev–Trinajstić information content (AvgIpc) is 3.08. The summed E-state index contributed by atoms with van der Waals surface area (Å²) in [5.41, 5.74) is 0.329. The monoisotopic (exact) mass is 380 g/mol. The largest absolute Gasteiger partial charge is 0.450 e. The fourth-order valence-corrected chi connectivity index (χ4v) is 3.73. The van der Waals surface area contributed by atoms with Crippen molar-refractivity contribution in [3.63, 3.8) is 0 Å². The van der Waals surface area contributed by atoms with E-state index in [4.69, 9.17) is 4.74 Å². The highest BCUT2D eigenvalue weighted by Crippen LogP contribution is 2.29. The van der Waals surface area contributed by atoms with Crippen LogP contribution in [0.5, 0.6) is 0 Å². The number of benzene rings is 1. The molecular formula is C17H21FN4O3S. The average molecular weight is 380 g/mol. The number of para-hydroxylation sites is 1. The first-order valence-electron chi connectivity index (χ1n) is 8.45. The van der Waals surface area contributed by atoms with Crippen LogP contribution in [0.4, 0.5) is 14.3 Å². The van der Waals surface area contributed by atoms with Gasteiger partial charge < -0.3 is 19.4 Å². The number of halogens is 1. The smallest absolute Gasteiger partial charge is 0.409 e. The van der Waals surface area contributed by atoms with Crippen LogP contribution >= 0.6 is 11.3 Å². The van der Waals surface area contributed by atoms with Gasteiger partial charge in [0.05, 0.1) is 17.9 Å². The molecule has 2 aromatic rings.